The highest BCUT2D eigenvalue weighted by atomic mass is 32.1. The lowest BCUT2D eigenvalue weighted by Crippen LogP contribution is -2.37. The van der Waals surface area contributed by atoms with Gasteiger partial charge in [-0.2, -0.15) is 0 Å². The minimum absolute atomic E-state index is 0.314. The molecule has 0 atom stereocenters. The molecule has 1 aliphatic heterocycles. The molecule has 0 spiro atoms. The molecule has 20 heavy (non-hydrogen) atoms. The highest BCUT2D eigenvalue weighted by Gasteiger charge is 2.21. The zero-order chi connectivity index (χ0) is 14.7. The van der Waals surface area contributed by atoms with Gasteiger partial charge in [0.05, 0.1) is 5.69 Å². The van der Waals surface area contributed by atoms with Crippen molar-refractivity contribution in [2.45, 2.75) is 26.8 Å². The number of nitrogens with zero attached hydrogens (tertiary/aromatic N) is 2. The van der Waals surface area contributed by atoms with Gasteiger partial charge in [0.1, 0.15) is 0 Å². The van der Waals surface area contributed by atoms with E-state index in [0.717, 1.165) is 30.1 Å². The number of carbonyl (C=O) groups is 2. The first-order valence-electron chi connectivity index (χ1n) is 6.72. The van der Waals surface area contributed by atoms with Gasteiger partial charge in [0.25, 0.3) is 0 Å². The van der Waals surface area contributed by atoms with Crippen LogP contribution in [0.5, 0.6) is 0 Å². The second-order valence-electron chi connectivity index (χ2n) is 5.43. The van der Waals surface area contributed by atoms with Gasteiger partial charge in [-0.05, 0) is 13.0 Å². The van der Waals surface area contributed by atoms with Crippen molar-refractivity contribution in [2.24, 2.45) is 5.92 Å². The third kappa shape index (κ3) is 3.77. The molecule has 0 saturated carbocycles. The quantitative estimate of drug-likeness (QED) is 0.811. The average molecular weight is 296 g/mol. The van der Waals surface area contributed by atoms with Crippen molar-refractivity contribution in [3.63, 3.8) is 0 Å². The van der Waals surface area contributed by atoms with E-state index in [4.69, 9.17) is 0 Å². The number of anilines is 1. The normalized spacial score (nSPS) is 15.0. The van der Waals surface area contributed by atoms with E-state index in [0.29, 0.717) is 17.6 Å². The predicted octanol–water partition coefficient (Wildman–Crippen LogP) is 0.842. The number of nitrogens with one attached hydrogen (secondary N) is 2. The molecular weight excluding hydrogens is 276 g/mol. The van der Waals surface area contributed by atoms with Crippen molar-refractivity contribution in [2.75, 3.05) is 25.5 Å². The number of hydrogen-bond acceptors (Lipinski definition) is 5. The van der Waals surface area contributed by atoms with E-state index in [2.05, 4.69) is 27.6 Å². The van der Waals surface area contributed by atoms with Gasteiger partial charge in [-0.1, -0.05) is 13.8 Å². The number of fused-ring (bicyclic) bond motifs is 1. The van der Waals surface area contributed by atoms with Crippen LogP contribution in [0.4, 0.5) is 5.13 Å². The largest absolute Gasteiger partial charge is 0.348 e. The topological polar surface area (TPSA) is 74.3 Å². The second-order valence-corrected chi connectivity index (χ2v) is 6.52. The molecule has 1 aliphatic rings. The molecule has 0 bridgehead atoms. The van der Waals surface area contributed by atoms with Gasteiger partial charge in [0.2, 0.25) is 0 Å². The number of carbonyl (C=O) groups excluding carboxylic acids is 2. The molecule has 1 aromatic rings. The van der Waals surface area contributed by atoms with Crippen LogP contribution in [0.25, 0.3) is 0 Å². The maximum absolute atomic E-state index is 11.7. The van der Waals surface area contributed by atoms with Crippen molar-refractivity contribution in [1.82, 2.24) is 15.2 Å². The van der Waals surface area contributed by atoms with E-state index < -0.39 is 11.8 Å². The third-order valence-electron chi connectivity index (χ3n) is 3.02. The molecule has 0 radical (unpaired) electrons. The van der Waals surface area contributed by atoms with Crippen molar-refractivity contribution >= 4 is 28.3 Å². The molecule has 2 heterocycles. The van der Waals surface area contributed by atoms with Crippen LogP contribution in [0.1, 0.15) is 24.4 Å². The zero-order valence-electron chi connectivity index (χ0n) is 12.0. The molecular formula is C13H20N4O2S. The van der Waals surface area contributed by atoms with E-state index in [-0.39, 0.29) is 0 Å². The van der Waals surface area contributed by atoms with Crippen LogP contribution < -0.4 is 10.6 Å². The fourth-order valence-electron chi connectivity index (χ4n) is 1.91. The molecule has 0 fully saturated rings. The zero-order valence-corrected chi connectivity index (χ0v) is 12.8. The third-order valence-corrected chi connectivity index (χ3v) is 4.02. The summed E-state index contributed by atoms with van der Waals surface area (Å²) in [7, 11) is 2.06. The molecule has 6 nitrogen and oxygen atoms in total. The molecule has 2 amide bonds. The monoisotopic (exact) mass is 296 g/mol. The average Bonchev–Trinajstić information content (AvgIpc) is 2.76. The van der Waals surface area contributed by atoms with Gasteiger partial charge < -0.3 is 10.2 Å². The van der Waals surface area contributed by atoms with Crippen molar-refractivity contribution in [1.29, 1.82) is 0 Å². The first-order valence-corrected chi connectivity index (χ1v) is 7.53. The maximum Gasteiger partial charge on any atom is 0.315 e. The summed E-state index contributed by atoms with van der Waals surface area (Å²) in [5.41, 5.74) is 1.03. The summed E-state index contributed by atoms with van der Waals surface area (Å²) in [5, 5.41) is 5.67. The van der Waals surface area contributed by atoms with Crippen molar-refractivity contribution in [3.8, 4) is 0 Å². The van der Waals surface area contributed by atoms with E-state index in [1.54, 1.807) is 0 Å². The minimum Gasteiger partial charge on any atom is -0.348 e. The minimum atomic E-state index is -0.648. The SMILES string of the molecule is CC(C)CNC(=O)C(=O)Nc1nc2c(s1)CN(C)CC2. The first kappa shape index (κ1) is 14.9. The Hall–Kier alpha value is -1.47. The molecule has 0 aliphatic carbocycles. The van der Waals surface area contributed by atoms with E-state index in [1.807, 2.05) is 13.8 Å². The van der Waals surface area contributed by atoms with Crippen molar-refractivity contribution in [3.05, 3.63) is 10.6 Å². The Balaban J connectivity index is 1.93. The van der Waals surface area contributed by atoms with Crippen LogP contribution in [0.2, 0.25) is 0 Å². The predicted molar refractivity (Wildman–Crippen MR) is 78.6 cm³/mol. The number of aromatic nitrogens is 1. The van der Waals surface area contributed by atoms with E-state index >= 15 is 0 Å². The summed E-state index contributed by atoms with van der Waals surface area (Å²) in [5.74, 6) is -0.941. The Labute approximate surface area is 122 Å². The lowest BCUT2D eigenvalue weighted by molar-refractivity contribution is -0.136. The van der Waals surface area contributed by atoms with Crippen LogP contribution >= 0.6 is 11.3 Å². The summed E-state index contributed by atoms with van der Waals surface area (Å²) < 4.78 is 0. The summed E-state index contributed by atoms with van der Waals surface area (Å²) in [6, 6.07) is 0. The maximum atomic E-state index is 11.7. The lowest BCUT2D eigenvalue weighted by atomic mass is 10.2. The van der Waals surface area contributed by atoms with Crippen LogP contribution in [-0.2, 0) is 22.6 Å². The van der Waals surface area contributed by atoms with Crippen LogP contribution in [-0.4, -0.2) is 41.8 Å². The van der Waals surface area contributed by atoms with Gasteiger partial charge in [0, 0.05) is 30.9 Å². The highest BCUT2D eigenvalue weighted by Crippen LogP contribution is 2.27. The number of hydrogen-bond donors (Lipinski definition) is 2. The van der Waals surface area contributed by atoms with Gasteiger partial charge >= 0.3 is 11.8 Å². The van der Waals surface area contributed by atoms with Gasteiger partial charge in [-0.15, -0.1) is 11.3 Å². The molecule has 2 N–H and O–H groups in total. The Morgan fingerprint density at radius 1 is 1.40 bits per heavy atom. The smallest absolute Gasteiger partial charge is 0.315 e. The standard InChI is InChI=1S/C13H20N4O2S/c1-8(2)6-14-11(18)12(19)16-13-15-9-4-5-17(3)7-10(9)20-13/h8H,4-7H2,1-3H3,(H,14,18)(H,15,16,19). The fraction of sp³-hybridized carbons (Fsp3) is 0.615. The lowest BCUT2D eigenvalue weighted by Gasteiger charge is -2.20. The molecule has 7 heteroatoms. The second kappa shape index (κ2) is 6.32. The molecule has 1 aromatic heterocycles. The number of rotatable bonds is 3. The molecule has 110 valence electrons. The Morgan fingerprint density at radius 2 is 2.15 bits per heavy atom. The first-order chi connectivity index (χ1) is 9.45. The van der Waals surface area contributed by atoms with E-state index in [1.165, 1.54) is 11.3 Å². The Morgan fingerprint density at radius 3 is 2.85 bits per heavy atom. The van der Waals surface area contributed by atoms with Crippen LogP contribution in [0.3, 0.4) is 0 Å². The van der Waals surface area contributed by atoms with Crippen molar-refractivity contribution < 1.29 is 9.59 Å². The molecule has 0 unspecified atom stereocenters. The van der Waals surface area contributed by atoms with Crippen LogP contribution in [0.15, 0.2) is 0 Å². The molecule has 0 saturated heterocycles. The Bertz CT molecular complexity index is 512. The number of amides is 2. The summed E-state index contributed by atoms with van der Waals surface area (Å²) in [6.45, 7) is 6.26. The van der Waals surface area contributed by atoms with Gasteiger partial charge in [0.15, 0.2) is 5.13 Å². The summed E-state index contributed by atoms with van der Waals surface area (Å²) in [6.07, 6.45) is 0.887. The number of thiazole rings is 1. The highest BCUT2D eigenvalue weighted by molar-refractivity contribution is 7.16. The summed E-state index contributed by atoms with van der Waals surface area (Å²) in [4.78, 5) is 31.1. The molecule has 0 aromatic carbocycles. The van der Waals surface area contributed by atoms with Gasteiger partial charge in [-0.3, -0.25) is 14.9 Å². The number of likely N-dealkylation sites (N-methyl/N-ethyl adjacent to an activating group) is 1. The molecule has 2 rings (SSSR count). The van der Waals surface area contributed by atoms with Crippen LogP contribution in [0, 0.1) is 5.92 Å². The summed E-state index contributed by atoms with van der Waals surface area (Å²) >= 11 is 1.44. The van der Waals surface area contributed by atoms with E-state index in [9.17, 15) is 9.59 Å². The fourth-order valence-corrected chi connectivity index (χ4v) is 2.99. The Kier molecular flexibility index (Phi) is 4.72. The van der Waals surface area contributed by atoms with Gasteiger partial charge in [-0.25, -0.2) is 4.98 Å².